The Morgan fingerprint density at radius 3 is 2.26 bits per heavy atom. The molecule has 0 aromatic heterocycles. The molecule has 7 nitrogen and oxygen atoms in total. The van der Waals surface area contributed by atoms with Crippen molar-refractivity contribution >= 4 is 46.5 Å². The van der Waals surface area contributed by atoms with Gasteiger partial charge in [-0.05, 0) is 71.3 Å². The average Bonchev–Trinajstić information content (AvgIpc) is 3.30. The van der Waals surface area contributed by atoms with Gasteiger partial charge in [-0.25, -0.2) is 4.79 Å². The first kappa shape index (κ1) is 29.9. The number of carboxylic acids is 1. The molecule has 1 N–H and O–H groups in total. The number of carbonyl (C=O) groups excluding carboxylic acids is 1. The first-order valence-corrected chi connectivity index (χ1v) is 14.9. The van der Waals surface area contributed by atoms with E-state index in [2.05, 4.69) is 0 Å². The molecule has 1 saturated heterocycles. The van der Waals surface area contributed by atoms with Crippen molar-refractivity contribution < 1.29 is 24.2 Å². The molecule has 9 heteroatoms. The van der Waals surface area contributed by atoms with E-state index in [1.165, 1.54) is 23.9 Å². The summed E-state index contributed by atoms with van der Waals surface area (Å²) in [6.07, 6.45) is 1.79. The molecule has 0 atom stereocenters. The minimum Gasteiger partial charge on any atom is -0.490 e. The number of halogens is 1. The van der Waals surface area contributed by atoms with Crippen LogP contribution in [-0.2, 0) is 24.5 Å². The summed E-state index contributed by atoms with van der Waals surface area (Å²) in [5.41, 5.74) is 3.73. The van der Waals surface area contributed by atoms with Crippen LogP contribution in [0.25, 0.3) is 6.08 Å². The lowest BCUT2D eigenvalue weighted by molar-refractivity contribution is -0.122. The molecule has 5 rings (SSSR count). The van der Waals surface area contributed by atoms with Gasteiger partial charge in [0.2, 0.25) is 0 Å². The molecule has 1 fully saturated rings. The Balaban J connectivity index is 1.40. The maximum Gasteiger partial charge on any atom is 0.335 e. The van der Waals surface area contributed by atoms with Gasteiger partial charge in [0.25, 0.3) is 5.91 Å². The molecule has 1 aliphatic rings. The molecule has 1 aliphatic heterocycles. The molecular formula is C34H29ClN2O5S. The summed E-state index contributed by atoms with van der Waals surface area (Å²) in [6.45, 7) is 3.28. The Morgan fingerprint density at radius 1 is 0.930 bits per heavy atom. The molecule has 1 heterocycles. The monoisotopic (exact) mass is 612 g/mol. The summed E-state index contributed by atoms with van der Waals surface area (Å²) >= 11 is 8.00. The van der Waals surface area contributed by atoms with Gasteiger partial charge < -0.3 is 14.6 Å². The zero-order chi connectivity index (χ0) is 30.2. The van der Waals surface area contributed by atoms with E-state index in [0.717, 1.165) is 16.7 Å². The Bertz CT molecular complexity index is 1660. The topological polar surface area (TPSA) is 88.4 Å². The SMILES string of the molecule is CCOc1cc(/C=C2/SC(=NCc3ccccc3)N(Cc3ccccc3)C2=O)cc(Cl)c1OCc1ccc(C(=O)O)cc1. The third kappa shape index (κ3) is 7.66. The van der Waals surface area contributed by atoms with Crippen molar-refractivity contribution in [3.05, 3.63) is 135 Å². The molecule has 0 spiro atoms. The van der Waals surface area contributed by atoms with Gasteiger partial charge in [-0.2, -0.15) is 0 Å². The van der Waals surface area contributed by atoms with Crippen LogP contribution in [0.3, 0.4) is 0 Å². The van der Waals surface area contributed by atoms with Crippen LogP contribution in [0.4, 0.5) is 0 Å². The molecular weight excluding hydrogens is 584 g/mol. The fourth-order valence-electron chi connectivity index (χ4n) is 4.40. The number of ether oxygens (including phenoxy) is 2. The van der Waals surface area contributed by atoms with Gasteiger partial charge in [0.05, 0.1) is 35.2 Å². The number of aromatic carboxylic acids is 1. The van der Waals surface area contributed by atoms with Crippen LogP contribution in [0, 0.1) is 0 Å². The lowest BCUT2D eigenvalue weighted by Gasteiger charge is -2.16. The van der Waals surface area contributed by atoms with Crippen molar-refractivity contribution in [2.24, 2.45) is 4.99 Å². The highest BCUT2D eigenvalue weighted by molar-refractivity contribution is 8.18. The van der Waals surface area contributed by atoms with Crippen LogP contribution in [0.1, 0.15) is 39.5 Å². The molecule has 4 aromatic rings. The molecule has 1 amide bonds. The zero-order valence-corrected chi connectivity index (χ0v) is 25.0. The molecule has 0 radical (unpaired) electrons. The normalized spacial score (nSPS) is 14.8. The van der Waals surface area contributed by atoms with Crippen LogP contribution >= 0.6 is 23.4 Å². The predicted octanol–water partition coefficient (Wildman–Crippen LogP) is 7.69. The van der Waals surface area contributed by atoms with Gasteiger partial charge in [0.15, 0.2) is 16.7 Å². The Morgan fingerprint density at radius 2 is 1.60 bits per heavy atom. The largest absolute Gasteiger partial charge is 0.490 e. The van der Waals surface area contributed by atoms with E-state index < -0.39 is 5.97 Å². The number of aliphatic imine (C=N–C) groups is 1. The maximum absolute atomic E-state index is 13.7. The van der Waals surface area contributed by atoms with Gasteiger partial charge in [-0.15, -0.1) is 0 Å². The molecule has 0 unspecified atom stereocenters. The second kappa shape index (κ2) is 14.1. The maximum atomic E-state index is 13.7. The number of rotatable bonds is 11. The molecule has 4 aromatic carbocycles. The van der Waals surface area contributed by atoms with E-state index in [4.69, 9.17) is 31.2 Å². The van der Waals surface area contributed by atoms with E-state index in [0.29, 0.717) is 51.9 Å². The van der Waals surface area contributed by atoms with Crippen LogP contribution in [-0.4, -0.2) is 33.7 Å². The van der Waals surface area contributed by atoms with Crippen LogP contribution < -0.4 is 9.47 Å². The highest BCUT2D eigenvalue weighted by Gasteiger charge is 2.33. The lowest BCUT2D eigenvalue weighted by Crippen LogP contribution is -2.28. The molecule has 0 saturated carbocycles. The summed E-state index contributed by atoms with van der Waals surface area (Å²) in [7, 11) is 0. The number of thioether (sulfide) groups is 1. The standard InChI is InChI=1S/C34H29ClN2O5S/c1-2-41-29-18-26(17-28(35)31(29)42-22-25-13-15-27(16-14-25)33(39)40)19-30-32(38)37(21-24-11-7-4-8-12-24)34(43-30)36-20-23-9-5-3-6-10-23/h3-19H,2,20-22H2,1H3,(H,39,40)/b30-19+,36-34?. The number of amides is 1. The van der Waals surface area contributed by atoms with Crippen LogP contribution in [0.15, 0.2) is 107 Å². The second-order valence-corrected chi connectivity index (χ2v) is 11.0. The lowest BCUT2D eigenvalue weighted by atomic mass is 10.1. The van der Waals surface area contributed by atoms with Gasteiger partial charge in [-0.3, -0.25) is 14.7 Å². The molecule has 218 valence electrons. The summed E-state index contributed by atoms with van der Waals surface area (Å²) in [6, 6.07) is 29.7. The fourth-order valence-corrected chi connectivity index (χ4v) is 5.65. The highest BCUT2D eigenvalue weighted by Crippen LogP contribution is 2.40. The summed E-state index contributed by atoms with van der Waals surface area (Å²) in [5, 5.41) is 10.1. The van der Waals surface area contributed by atoms with Crippen molar-refractivity contribution in [3.8, 4) is 11.5 Å². The third-order valence-electron chi connectivity index (χ3n) is 6.52. The minimum absolute atomic E-state index is 0.139. The summed E-state index contributed by atoms with van der Waals surface area (Å²) in [4.78, 5) is 31.8. The summed E-state index contributed by atoms with van der Waals surface area (Å²) < 4.78 is 11.9. The zero-order valence-electron chi connectivity index (χ0n) is 23.4. The van der Waals surface area contributed by atoms with Crippen molar-refractivity contribution in [3.63, 3.8) is 0 Å². The van der Waals surface area contributed by atoms with Crippen molar-refractivity contribution in [1.29, 1.82) is 0 Å². The number of amidine groups is 1. The Hall–Kier alpha value is -4.53. The molecule has 0 aliphatic carbocycles. The quantitative estimate of drug-likeness (QED) is 0.175. The van der Waals surface area contributed by atoms with Gasteiger partial charge in [0.1, 0.15) is 6.61 Å². The number of hydrogen-bond acceptors (Lipinski definition) is 6. The molecule has 0 bridgehead atoms. The Kier molecular flexibility index (Phi) is 9.81. The first-order valence-electron chi connectivity index (χ1n) is 13.7. The molecule has 43 heavy (non-hydrogen) atoms. The first-order chi connectivity index (χ1) is 20.9. The average molecular weight is 613 g/mol. The van der Waals surface area contributed by atoms with Crippen LogP contribution in [0.5, 0.6) is 11.5 Å². The van der Waals surface area contributed by atoms with E-state index >= 15 is 0 Å². The predicted molar refractivity (Wildman–Crippen MR) is 170 cm³/mol. The number of carbonyl (C=O) groups is 2. The number of carboxylic acid groups (broad SMARTS) is 1. The van der Waals surface area contributed by atoms with Crippen molar-refractivity contribution in [1.82, 2.24) is 4.90 Å². The van der Waals surface area contributed by atoms with E-state index in [9.17, 15) is 9.59 Å². The van der Waals surface area contributed by atoms with Gasteiger partial charge >= 0.3 is 5.97 Å². The smallest absolute Gasteiger partial charge is 0.335 e. The minimum atomic E-state index is -0.990. The Labute approximate surface area is 259 Å². The van der Waals surface area contributed by atoms with Gasteiger partial charge in [0, 0.05) is 0 Å². The van der Waals surface area contributed by atoms with Crippen molar-refractivity contribution in [2.45, 2.75) is 26.6 Å². The van der Waals surface area contributed by atoms with E-state index in [1.807, 2.05) is 67.6 Å². The number of nitrogens with zero attached hydrogens (tertiary/aromatic N) is 2. The van der Waals surface area contributed by atoms with Crippen molar-refractivity contribution in [2.75, 3.05) is 6.61 Å². The van der Waals surface area contributed by atoms with Crippen LogP contribution in [0.2, 0.25) is 5.02 Å². The summed E-state index contributed by atoms with van der Waals surface area (Å²) in [5.74, 6) is -0.317. The number of benzene rings is 4. The number of hydrogen-bond donors (Lipinski definition) is 1. The van der Waals surface area contributed by atoms with E-state index in [-0.39, 0.29) is 18.1 Å². The third-order valence-corrected chi connectivity index (χ3v) is 7.85. The second-order valence-electron chi connectivity index (χ2n) is 9.63. The van der Waals surface area contributed by atoms with Gasteiger partial charge in [-0.1, -0.05) is 84.4 Å². The fraction of sp³-hybridized carbons (Fsp3) is 0.147. The highest BCUT2D eigenvalue weighted by atomic mass is 35.5. The van der Waals surface area contributed by atoms with E-state index in [1.54, 1.807) is 35.2 Å².